The Morgan fingerprint density at radius 2 is 2.30 bits per heavy atom. The van der Waals surface area contributed by atoms with E-state index in [1.807, 2.05) is 0 Å². The summed E-state index contributed by atoms with van der Waals surface area (Å²) in [6, 6.07) is 0. The van der Waals surface area contributed by atoms with Gasteiger partial charge < -0.3 is 0 Å². The molecule has 0 N–H and O–H groups in total. The van der Waals surface area contributed by atoms with Crippen LogP contribution in [-0.2, 0) is 0 Å². The second-order valence-electron chi connectivity index (χ2n) is 3.88. The standard InChI is InChI=1S/C8H10IN/c9-4-8-3-7(10-8)5-1-6(8)2-5/h5-6H,1-4H2/t5?,6?,8-/m1/s1. The monoisotopic (exact) mass is 247 g/mol. The lowest BCUT2D eigenvalue weighted by Crippen LogP contribution is -2.62. The molecular formula is C8H10IN. The molecule has 1 nitrogen and oxygen atoms in total. The Balaban J connectivity index is 2.04. The van der Waals surface area contributed by atoms with Gasteiger partial charge in [0.25, 0.3) is 0 Å². The van der Waals surface area contributed by atoms with E-state index in [4.69, 9.17) is 4.99 Å². The summed E-state index contributed by atoms with van der Waals surface area (Å²) in [4.78, 5) is 4.72. The van der Waals surface area contributed by atoms with Crippen molar-refractivity contribution in [2.45, 2.75) is 24.8 Å². The van der Waals surface area contributed by atoms with Crippen LogP contribution in [0.1, 0.15) is 19.3 Å². The third-order valence-corrected chi connectivity index (χ3v) is 4.78. The molecule has 0 spiro atoms. The van der Waals surface area contributed by atoms with E-state index in [1.165, 1.54) is 23.7 Å². The molecule has 3 saturated carbocycles. The Bertz CT molecular complexity index is 217. The third kappa shape index (κ3) is 0.467. The molecule has 2 heteroatoms. The molecule has 1 atom stereocenters. The van der Waals surface area contributed by atoms with Crippen molar-refractivity contribution in [3.63, 3.8) is 0 Å². The fourth-order valence-electron chi connectivity index (χ4n) is 2.57. The molecule has 6 rings (SSSR count). The van der Waals surface area contributed by atoms with Gasteiger partial charge in [0.1, 0.15) is 0 Å². The first kappa shape index (κ1) is 5.98. The molecule has 3 fully saturated rings. The van der Waals surface area contributed by atoms with Gasteiger partial charge in [-0.2, -0.15) is 0 Å². The van der Waals surface area contributed by atoms with Gasteiger partial charge in [-0.25, -0.2) is 0 Å². The molecule has 0 saturated heterocycles. The first-order valence-corrected chi connectivity index (χ1v) is 5.51. The Labute approximate surface area is 74.4 Å². The van der Waals surface area contributed by atoms with Gasteiger partial charge in [0, 0.05) is 16.6 Å². The van der Waals surface area contributed by atoms with Crippen molar-refractivity contribution in [2.24, 2.45) is 16.8 Å². The number of aliphatic imine (C=N–C) groups is 1. The van der Waals surface area contributed by atoms with E-state index in [9.17, 15) is 0 Å². The summed E-state index contributed by atoms with van der Waals surface area (Å²) >= 11 is 2.49. The fourth-order valence-corrected chi connectivity index (χ4v) is 3.64. The van der Waals surface area contributed by atoms with Crippen LogP contribution in [0.4, 0.5) is 0 Å². The van der Waals surface area contributed by atoms with E-state index >= 15 is 0 Å². The zero-order valence-corrected chi connectivity index (χ0v) is 7.97. The van der Waals surface area contributed by atoms with Crippen LogP contribution < -0.4 is 0 Å². The number of hydrogen-bond donors (Lipinski definition) is 0. The molecule has 0 radical (unpaired) electrons. The molecule has 54 valence electrons. The predicted molar refractivity (Wildman–Crippen MR) is 49.9 cm³/mol. The van der Waals surface area contributed by atoms with Gasteiger partial charge >= 0.3 is 0 Å². The lowest BCUT2D eigenvalue weighted by atomic mass is 9.52. The largest absolute Gasteiger partial charge is 0.286 e. The van der Waals surface area contributed by atoms with Crippen LogP contribution in [0.3, 0.4) is 0 Å². The molecule has 0 aromatic carbocycles. The van der Waals surface area contributed by atoms with Crippen LogP contribution in [0.2, 0.25) is 0 Å². The summed E-state index contributed by atoms with van der Waals surface area (Å²) < 4.78 is 1.26. The summed E-state index contributed by atoms with van der Waals surface area (Å²) in [6.07, 6.45) is 4.30. The summed E-state index contributed by atoms with van der Waals surface area (Å²) in [5, 5.41) is 0. The second-order valence-corrected chi connectivity index (χ2v) is 4.65. The Morgan fingerprint density at radius 1 is 1.60 bits per heavy atom. The first-order valence-electron chi connectivity index (χ1n) is 3.99. The second kappa shape index (κ2) is 1.59. The van der Waals surface area contributed by atoms with Gasteiger partial charge in [-0.1, -0.05) is 22.6 Å². The van der Waals surface area contributed by atoms with E-state index < -0.39 is 0 Å². The van der Waals surface area contributed by atoms with Crippen LogP contribution in [0.5, 0.6) is 0 Å². The van der Waals surface area contributed by atoms with Crippen LogP contribution in [0.25, 0.3) is 0 Å². The molecule has 4 bridgehead atoms. The molecule has 3 aliphatic heterocycles. The lowest BCUT2D eigenvalue weighted by Gasteiger charge is -2.60. The minimum absolute atomic E-state index is 0.463. The number of halogens is 1. The number of rotatable bonds is 1. The van der Waals surface area contributed by atoms with Gasteiger partial charge in [0.05, 0.1) is 5.54 Å². The smallest absolute Gasteiger partial charge is 0.0776 e. The molecule has 0 aromatic heterocycles. The Hall–Kier alpha value is 0.400. The maximum absolute atomic E-state index is 4.72. The molecule has 6 aliphatic rings. The fraction of sp³-hybridized carbons (Fsp3) is 0.875. The van der Waals surface area contributed by atoms with Gasteiger partial charge in [0.15, 0.2) is 0 Å². The van der Waals surface area contributed by atoms with Crippen LogP contribution in [-0.4, -0.2) is 15.7 Å². The topological polar surface area (TPSA) is 12.4 Å². The highest BCUT2D eigenvalue weighted by Gasteiger charge is 2.58. The number of alkyl halides is 1. The van der Waals surface area contributed by atoms with Crippen molar-refractivity contribution in [3.05, 3.63) is 0 Å². The SMILES string of the molecule is IC[C@@]12CC(=N1)C1CC2C1. The quantitative estimate of drug-likeness (QED) is 0.496. The van der Waals surface area contributed by atoms with Crippen molar-refractivity contribution in [1.82, 2.24) is 0 Å². The number of nitrogens with zero attached hydrogens (tertiary/aromatic N) is 1. The highest BCUT2D eigenvalue weighted by molar-refractivity contribution is 14.1. The first-order chi connectivity index (χ1) is 4.84. The molecular weight excluding hydrogens is 237 g/mol. The molecule has 3 aliphatic carbocycles. The molecule has 0 unspecified atom stereocenters. The predicted octanol–water partition coefficient (Wildman–Crippen LogP) is 2.04. The van der Waals surface area contributed by atoms with E-state index in [0.29, 0.717) is 5.54 Å². The van der Waals surface area contributed by atoms with Crippen LogP contribution in [0, 0.1) is 11.8 Å². The minimum atomic E-state index is 0.463. The van der Waals surface area contributed by atoms with Crippen LogP contribution in [0.15, 0.2) is 4.99 Å². The van der Waals surface area contributed by atoms with Gasteiger partial charge in [-0.05, 0) is 24.7 Å². The van der Waals surface area contributed by atoms with Crippen LogP contribution >= 0.6 is 22.6 Å². The summed E-state index contributed by atoms with van der Waals surface area (Å²) in [5.74, 6) is 1.92. The van der Waals surface area contributed by atoms with Crippen molar-refractivity contribution in [2.75, 3.05) is 4.43 Å². The lowest BCUT2D eigenvalue weighted by molar-refractivity contribution is 0.0945. The molecule has 10 heavy (non-hydrogen) atoms. The van der Waals surface area contributed by atoms with Crippen molar-refractivity contribution in [1.29, 1.82) is 0 Å². The average molecular weight is 247 g/mol. The van der Waals surface area contributed by atoms with E-state index in [1.54, 1.807) is 5.71 Å². The zero-order chi connectivity index (χ0) is 6.77. The van der Waals surface area contributed by atoms with Gasteiger partial charge in [0.2, 0.25) is 0 Å². The van der Waals surface area contributed by atoms with Crippen molar-refractivity contribution < 1.29 is 0 Å². The van der Waals surface area contributed by atoms with Gasteiger partial charge in [-0.15, -0.1) is 0 Å². The highest BCUT2D eigenvalue weighted by Crippen LogP contribution is 2.58. The number of hydrogen-bond acceptors (Lipinski definition) is 1. The molecule has 0 amide bonds. The van der Waals surface area contributed by atoms with Crippen molar-refractivity contribution >= 4 is 28.3 Å². The molecule has 0 aromatic rings. The highest BCUT2D eigenvalue weighted by atomic mass is 127. The summed E-state index contributed by atoms with van der Waals surface area (Å²) in [5.41, 5.74) is 2.02. The Morgan fingerprint density at radius 3 is 2.60 bits per heavy atom. The minimum Gasteiger partial charge on any atom is -0.286 e. The maximum atomic E-state index is 4.72. The summed E-state index contributed by atoms with van der Waals surface area (Å²) in [7, 11) is 0. The van der Waals surface area contributed by atoms with E-state index in [0.717, 1.165) is 11.8 Å². The summed E-state index contributed by atoms with van der Waals surface area (Å²) in [6.45, 7) is 0. The maximum Gasteiger partial charge on any atom is 0.0776 e. The normalized spacial score (nSPS) is 54.7. The van der Waals surface area contributed by atoms with Crippen molar-refractivity contribution in [3.8, 4) is 0 Å². The average Bonchev–Trinajstić information content (AvgIpc) is 1.83. The third-order valence-electron chi connectivity index (χ3n) is 3.45. The van der Waals surface area contributed by atoms with Gasteiger partial charge in [-0.3, -0.25) is 4.99 Å². The van der Waals surface area contributed by atoms with E-state index in [2.05, 4.69) is 22.6 Å². The molecule has 3 heterocycles. The Kier molecular flexibility index (Phi) is 0.953. The van der Waals surface area contributed by atoms with E-state index in [-0.39, 0.29) is 0 Å². The zero-order valence-electron chi connectivity index (χ0n) is 5.81.